The summed E-state index contributed by atoms with van der Waals surface area (Å²) in [6.07, 6.45) is -3.40. The summed E-state index contributed by atoms with van der Waals surface area (Å²) in [4.78, 5) is 0. The molecule has 0 aliphatic carbocycles. The van der Waals surface area contributed by atoms with Gasteiger partial charge in [-0.25, -0.2) is 0 Å². The van der Waals surface area contributed by atoms with E-state index in [0.29, 0.717) is 0 Å². The molecule has 0 aromatic rings. The number of hydrogen-bond acceptors (Lipinski definition) is 6. The van der Waals surface area contributed by atoms with Crippen LogP contribution in [-0.4, -0.2) is 58.9 Å². The largest absolute Gasteiger partial charge is 0.394 e. The van der Waals surface area contributed by atoms with Crippen LogP contribution < -0.4 is 0 Å². The van der Waals surface area contributed by atoms with Crippen LogP contribution >= 0.6 is 0 Å². The number of rotatable bonds is 6. The van der Waals surface area contributed by atoms with E-state index in [1.807, 2.05) is 0 Å². The van der Waals surface area contributed by atoms with E-state index in [0.717, 1.165) is 0 Å². The van der Waals surface area contributed by atoms with Crippen molar-refractivity contribution in [2.45, 2.75) is 31.7 Å². The standard InChI is InChI=1S/C7H16O6/c1-4(9)6(10)5(3-8)13-7(11)12-2/h4-11H,3H2,1-2H3/t4-,5?,6+,7?/m0/s1. The van der Waals surface area contributed by atoms with E-state index in [-0.39, 0.29) is 0 Å². The molecule has 0 aromatic carbocycles. The van der Waals surface area contributed by atoms with Crippen molar-refractivity contribution >= 4 is 0 Å². The van der Waals surface area contributed by atoms with E-state index >= 15 is 0 Å². The minimum absolute atomic E-state index is 0.521. The van der Waals surface area contributed by atoms with Gasteiger partial charge in [-0.1, -0.05) is 0 Å². The molecule has 0 aliphatic rings. The van der Waals surface area contributed by atoms with E-state index < -0.39 is 31.4 Å². The van der Waals surface area contributed by atoms with Gasteiger partial charge in [-0.3, -0.25) is 0 Å². The van der Waals surface area contributed by atoms with Gasteiger partial charge in [0.05, 0.1) is 12.7 Å². The molecule has 0 spiro atoms. The van der Waals surface area contributed by atoms with Gasteiger partial charge >= 0.3 is 0 Å². The van der Waals surface area contributed by atoms with Gasteiger partial charge < -0.3 is 29.9 Å². The van der Waals surface area contributed by atoms with Crippen LogP contribution in [0.15, 0.2) is 0 Å². The average molecular weight is 196 g/mol. The van der Waals surface area contributed by atoms with Gasteiger partial charge in [-0.05, 0) is 6.92 Å². The van der Waals surface area contributed by atoms with Crippen LogP contribution in [0.1, 0.15) is 6.92 Å². The lowest BCUT2D eigenvalue weighted by molar-refractivity contribution is -0.290. The molecule has 0 saturated heterocycles. The zero-order chi connectivity index (χ0) is 10.4. The van der Waals surface area contributed by atoms with Gasteiger partial charge in [0, 0.05) is 7.11 Å². The molecule has 2 unspecified atom stereocenters. The third-order valence-corrected chi connectivity index (χ3v) is 1.55. The molecule has 0 aromatic heterocycles. The first-order valence-electron chi connectivity index (χ1n) is 3.86. The summed E-state index contributed by atoms with van der Waals surface area (Å²) < 4.78 is 8.99. The maximum absolute atomic E-state index is 9.23. The Morgan fingerprint density at radius 1 is 1.23 bits per heavy atom. The summed E-state index contributed by atoms with van der Waals surface area (Å²) in [7, 11) is 1.20. The van der Waals surface area contributed by atoms with Crippen molar-refractivity contribution in [2.75, 3.05) is 13.7 Å². The van der Waals surface area contributed by atoms with E-state index in [2.05, 4.69) is 9.47 Å². The topological polar surface area (TPSA) is 99.4 Å². The zero-order valence-electron chi connectivity index (χ0n) is 7.62. The minimum atomic E-state index is -1.52. The Bertz CT molecular complexity index is 128. The van der Waals surface area contributed by atoms with Gasteiger partial charge in [0.2, 0.25) is 0 Å². The molecule has 13 heavy (non-hydrogen) atoms. The highest BCUT2D eigenvalue weighted by atomic mass is 16.8. The molecule has 0 rings (SSSR count). The Labute approximate surface area is 76.3 Å². The number of hydrogen-bond donors (Lipinski definition) is 4. The second-order valence-electron chi connectivity index (χ2n) is 2.63. The van der Waals surface area contributed by atoms with E-state index in [9.17, 15) is 5.11 Å². The van der Waals surface area contributed by atoms with Crippen LogP contribution in [0.4, 0.5) is 0 Å². The summed E-state index contributed by atoms with van der Waals surface area (Å²) >= 11 is 0. The SMILES string of the molecule is COC(O)OC(CO)[C@H](O)[C@H](C)O. The van der Waals surface area contributed by atoms with Gasteiger partial charge in [-0.15, -0.1) is 0 Å². The second kappa shape index (κ2) is 6.25. The Morgan fingerprint density at radius 3 is 2.08 bits per heavy atom. The van der Waals surface area contributed by atoms with Crippen molar-refractivity contribution in [3.05, 3.63) is 0 Å². The monoisotopic (exact) mass is 196 g/mol. The molecule has 0 radical (unpaired) electrons. The molecular weight excluding hydrogens is 180 g/mol. The molecule has 80 valence electrons. The molecule has 4 atom stereocenters. The van der Waals surface area contributed by atoms with Gasteiger partial charge in [-0.2, -0.15) is 0 Å². The second-order valence-corrected chi connectivity index (χ2v) is 2.63. The highest BCUT2D eigenvalue weighted by Gasteiger charge is 2.25. The smallest absolute Gasteiger partial charge is 0.269 e. The third kappa shape index (κ3) is 4.51. The fourth-order valence-corrected chi connectivity index (χ4v) is 0.747. The average Bonchev–Trinajstić information content (AvgIpc) is 2.12. The predicted molar refractivity (Wildman–Crippen MR) is 42.7 cm³/mol. The first kappa shape index (κ1) is 12.8. The zero-order valence-corrected chi connectivity index (χ0v) is 7.62. The molecular formula is C7H16O6. The third-order valence-electron chi connectivity index (χ3n) is 1.55. The van der Waals surface area contributed by atoms with Crippen molar-refractivity contribution in [2.24, 2.45) is 0 Å². The van der Waals surface area contributed by atoms with Crippen LogP contribution in [0.25, 0.3) is 0 Å². The normalized spacial score (nSPS) is 20.8. The Balaban J connectivity index is 4.01. The summed E-state index contributed by atoms with van der Waals surface area (Å²) in [6, 6.07) is 0. The lowest BCUT2D eigenvalue weighted by Gasteiger charge is -2.24. The quantitative estimate of drug-likeness (QED) is 0.368. The predicted octanol–water partition coefficient (Wildman–Crippen LogP) is -1.97. The summed E-state index contributed by atoms with van der Waals surface area (Å²) in [5.41, 5.74) is 0. The molecule has 6 nitrogen and oxygen atoms in total. The van der Waals surface area contributed by atoms with Crippen LogP contribution in [-0.2, 0) is 9.47 Å². The first-order valence-corrected chi connectivity index (χ1v) is 3.86. The van der Waals surface area contributed by atoms with Crippen LogP contribution in [0.5, 0.6) is 0 Å². The first-order chi connectivity index (χ1) is 6.02. The van der Waals surface area contributed by atoms with Crippen molar-refractivity contribution in [3.8, 4) is 0 Å². The van der Waals surface area contributed by atoms with Crippen LogP contribution in [0.3, 0.4) is 0 Å². The fourth-order valence-electron chi connectivity index (χ4n) is 0.747. The highest BCUT2D eigenvalue weighted by molar-refractivity contribution is 4.72. The molecule has 0 saturated carbocycles. The fraction of sp³-hybridized carbons (Fsp3) is 1.00. The molecule has 0 bridgehead atoms. The van der Waals surface area contributed by atoms with E-state index in [4.69, 9.17) is 15.3 Å². The highest BCUT2D eigenvalue weighted by Crippen LogP contribution is 2.06. The van der Waals surface area contributed by atoms with Crippen molar-refractivity contribution in [3.63, 3.8) is 0 Å². The summed E-state index contributed by atoms with van der Waals surface area (Å²) in [5, 5.41) is 35.7. The van der Waals surface area contributed by atoms with E-state index in [1.165, 1.54) is 14.0 Å². The van der Waals surface area contributed by atoms with Gasteiger partial charge in [0.15, 0.2) is 0 Å². The van der Waals surface area contributed by atoms with Gasteiger partial charge in [0.1, 0.15) is 12.2 Å². The lowest BCUT2D eigenvalue weighted by atomic mass is 10.1. The maximum Gasteiger partial charge on any atom is 0.269 e. The van der Waals surface area contributed by atoms with Crippen LogP contribution in [0.2, 0.25) is 0 Å². The molecule has 0 amide bonds. The minimum Gasteiger partial charge on any atom is -0.394 e. The number of aliphatic hydroxyl groups excluding tert-OH is 4. The molecule has 0 aliphatic heterocycles. The Hall–Kier alpha value is -0.240. The van der Waals surface area contributed by atoms with Crippen molar-refractivity contribution in [1.29, 1.82) is 0 Å². The van der Waals surface area contributed by atoms with E-state index in [1.54, 1.807) is 0 Å². The maximum atomic E-state index is 9.23. The Kier molecular flexibility index (Phi) is 6.13. The molecule has 4 N–H and O–H groups in total. The van der Waals surface area contributed by atoms with Crippen LogP contribution in [0, 0.1) is 0 Å². The Morgan fingerprint density at radius 2 is 1.77 bits per heavy atom. The van der Waals surface area contributed by atoms with Crippen molar-refractivity contribution < 1.29 is 29.9 Å². The summed E-state index contributed by atoms with van der Waals surface area (Å²) in [5.74, 6) is 0. The number of methoxy groups -OCH3 is 1. The number of aliphatic hydroxyl groups is 4. The lowest BCUT2D eigenvalue weighted by Crippen LogP contribution is -2.42. The molecule has 0 heterocycles. The molecule has 0 fully saturated rings. The van der Waals surface area contributed by atoms with Gasteiger partial charge in [0.25, 0.3) is 6.48 Å². The molecule has 6 heteroatoms. The summed E-state index contributed by atoms with van der Waals surface area (Å²) in [6.45, 7) is -0.701. The van der Waals surface area contributed by atoms with Crippen molar-refractivity contribution in [1.82, 2.24) is 0 Å². The number of ether oxygens (including phenoxy) is 2.